The van der Waals surface area contributed by atoms with Crippen LogP contribution in [-0.2, 0) is 4.79 Å². The van der Waals surface area contributed by atoms with E-state index in [1.165, 1.54) is 21.3 Å². The Labute approximate surface area is 144 Å². The zero-order valence-electron chi connectivity index (χ0n) is 14.5. The third kappa shape index (κ3) is 2.93. The predicted octanol–water partition coefficient (Wildman–Crippen LogP) is 2.15. The van der Waals surface area contributed by atoms with Crippen LogP contribution in [0.25, 0.3) is 0 Å². The van der Waals surface area contributed by atoms with Gasteiger partial charge < -0.3 is 23.9 Å². The second-order valence-corrected chi connectivity index (χ2v) is 5.75. The molecule has 0 bridgehead atoms. The maximum Gasteiger partial charge on any atom is 0.312 e. The van der Waals surface area contributed by atoms with Gasteiger partial charge in [0.05, 0.1) is 33.3 Å². The summed E-state index contributed by atoms with van der Waals surface area (Å²) in [7, 11) is 4.54. The first-order chi connectivity index (χ1) is 12.0. The van der Waals surface area contributed by atoms with E-state index in [1.54, 1.807) is 25.1 Å². The summed E-state index contributed by atoms with van der Waals surface area (Å²) in [4.78, 5) is 27.3. The fraction of sp³-hybridized carbons (Fsp3) is 0.333. The lowest BCUT2D eigenvalue weighted by Crippen LogP contribution is -2.28. The Bertz CT molecular complexity index is 861. The molecule has 3 rings (SSSR count). The average molecular weight is 345 g/mol. The van der Waals surface area contributed by atoms with E-state index >= 15 is 0 Å². The highest BCUT2D eigenvalue weighted by Crippen LogP contribution is 2.44. The summed E-state index contributed by atoms with van der Waals surface area (Å²) >= 11 is 0. The van der Waals surface area contributed by atoms with Gasteiger partial charge in [0.25, 0.3) is 5.56 Å². The number of esters is 1. The van der Waals surface area contributed by atoms with Crippen LogP contribution in [0.5, 0.6) is 23.0 Å². The van der Waals surface area contributed by atoms with Crippen molar-refractivity contribution in [2.24, 2.45) is 0 Å². The van der Waals surface area contributed by atoms with E-state index in [4.69, 9.17) is 18.9 Å². The summed E-state index contributed by atoms with van der Waals surface area (Å²) in [6, 6.07) is 5.14. The minimum Gasteiger partial charge on any atom is -0.493 e. The van der Waals surface area contributed by atoms with Crippen LogP contribution in [0.3, 0.4) is 0 Å². The molecule has 0 saturated carbocycles. The number of rotatable bonds is 4. The number of aromatic amines is 1. The lowest BCUT2D eigenvalue weighted by Gasteiger charge is -2.25. The maximum absolute atomic E-state index is 12.5. The van der Waals surface area contributed by atoms with Gasteiger partial charge in [-0.1, -0.05) is 0 Å². The molecule has 0 aliphatic carbocycles. The van der Waals surface area contributed by atoms with Crippen LogP contribution in [0.2, 0.25) is 0 Å². The molecule has 1 aromatic carbocycles. The number of methoxy groups -OCH3 is 3. The molecule has 132 valence electrons. The molecule has 7 heteroatoms. The van der Waals surface area contributed by atoms with E-state index in [0.29, 0.717) is 34.1 Å². The molecule has 0 unspecified atom stereocenters. The lowest BCUT2D eigenvalue weighted by molar-refractivity contribution is -0.135. The number of carbonyl (C=O) groups is 1. The third-order valence-electron chi connectivity index (χ3n) is 4.20. The SMILES string of the molecule is COc1cc([C@H]2CC(=O)Oc3cc(C)[nH]c(=O)c32)cc(OC)c1OC. The van der Waals surface area contributed by atoms with Crippen LogP contribution < -0.4 is 24.5 Å². The quantitative estimate of drug-likeness (QED) is 0.855. The average Bonchev–Trinajstić information content (AvgIpc) is 2.58. The summed E-state index contributed by atoms with van der Waals surface area (Å²) < 4.78 is 21.3. The highest BCUT2D eigenvalue weighted by atomic mass is 16.5. The zero-order chi connectivity index (χ0) is 18.1. The van der Waals surface area contributed by atoms with Crippen molar-refractivity contribution >= 4 is 5.97 Å². The Hall–Kier alpha value is -2.96. The number of hydrogen-bond donors (Lipinski definition) is 1. The van der Waals surface area contributed by atoms with Crippen molar-refractivity contribution in [2.45, 2.75) is 19.3 Å². The molecule has 2 aromatic rings. The van der Waals surface area contributed by atoms with E-state index in [9.17, 15) is 9.59 Å². The molecule has 0 fully saturated rings. The second-order valence-electron chi connectivity index (χ2n) is 5.75. The van der Waals surface area contributed by atoms with E-state index in [-0.39, 0.29) is 17.7 Å². The largest absolute Gasteiger partial charge is 0.493 e. The zero-order valence-corrected chi connectivity index (χ0v) is 14.5. The van der Waals surface area contributed by atoms with Crippen molar-refractivity contribution < 1.29 is 23.7 Å². The first-order valence-corrected chi connectivity index (χ1v) is 7.72. The smallest absolute Gasteiger partial charge is 0.312 e. The van der Waals surface area contributed by atoms with Gasteiger partial charge in [0.1, 0.15) is 5.75 Å². The number of ether oxygens (including phenoxy) is 4. The van der Waals surface area contributed by atoms with Crippen molar-refractivity contribution in [1.82, 2.24) is 4.98 Å². The minimum absolute atomic E-state index is 0.0534. The van der Waals surface area contributed by atoms with Gasteiger partial charge in [-0.15, -0.1) is 0 Å². The van der Waals surface area contributed by atoms with Crippen molar-refractivity contribution in [3.63, 3.8) is 0 Å². The number of carbonyl (C=O) groups excluding carboxylic acids is 1. The molecule has 1 atom stereocenters. The van der Waals surface area contributed by atoms with Gasteiger partial charge in [-0.05, 0) is 24.6 Å². The van der Waals surface area contributed by atoms with Gasteiger partial charge in [-0.2, -0.15) is 0 Å². The third-order valence-corrected chi connectivity index (χ3v) is 4.20. The summed E-state index contributed by atoms with van der Waals surface area (Å²) in [5.74, 6) is 0.800. The van der Waals surface area contributed by atoms with Crippen molar-refractivity contribution in [2.75, 3.05) is 21.3 Å². The lowest BCUT2D eigenvalue weighted by atomic mass is 9.86. The molecule has 0 amide bonds. The number of benzene rings is 1. The standard InChI is InChI=1S/C18H19NO6/c1-9-5-12-16(18(21)19-9)11(8-15(20)25-12)10-6-13(22-2)17(24-4)14(7-10)23-3/h5-7,11H,8H2,1-4H3,(H,19,21)/t11-/m1/s1. The number of H-pyrrole nitrogens is 1. The van der Waals surface area contributed by atoms with Gasteiger partial charge >= 0.3 is 5.97 Å². The topological polar surface area (TPSA) is 86.9 Å². The molecule has 2 heterocycles. The molecular formula is C18H19NO6. The Balaban J connectivity index is 2.21. The molecule has 1 aliphatic rings. The maximum atomic E-state index is 12.5. The number of aryl methyl sites for hydroxylation is 1. The Morgan fingerprint density at radius 2 is 1.68 bits per heavy atom. The number of nitrogens with one attached hydrogen (secondary N) is 1. The Kier molecular flexibility index (Phi) is 4.39. The molecule has 1 aliphatic heterocycles. The number of aromatic nitrogens is 1. The second kappa shape index (κ2) is 6.51. The Morgan fingerprint density at radius 3 is 2.24 bits per heavy atom. The normalized spacial score (nSPS) is 16.0. The van der Waals surface area contributed by atoms with Crippen LogP contribution in [0.4, 0.5) is 0 Å². The number of hydrogen-bond acceptors (Lipinski definition) is 6. The van der Waals surface area contributed by atoms with Gasteiger partial charge in [0.15, 0.2) is 11.5 Å². The summed E-state index contributed by atoms with van der Waals surface area (Å²) in [5, 5.41) is 0. The molecule has 1 N–H and O–H groups in total. The molecule has 1 aromatic heterocycles. The van der Waals surface area contributed by atoms with Crippen molar-refractivity contribution in [1.29, 1.82) is 0 Å². The summed E-state index contributed by atoms with van der Waals surface area (Å²) in [5.41, 5.74) is 1.48. The first-order valence-electron chi connectivity index (χ1n) is 7.72. The summed E-state index contributed by atoms with van der Waals surface area (Å²) in [6.45, 7) is 1.73. The van der Waals surface area contributed by atoms with Gasteiger partial charge in [0, 0.05) is 17.7 Å². The first kappa shape index (κ1) is 16.9. The van der Waals surface area contributed by atoms with Gasteiger partial charge in [-0.25, -0.2) is 0 Å². The van der Waals surface area contributed by atoms with Crippen LogP contribution in [0.1, 0.15) is 29.2 Å². The molecule has 0 radical (unpaired) electrons. The van der Waals surface area contributed by atoms with Crippen molar-refractivity contribution in [3.8, 4) is 23.0 Å². The molecular weight excluding hydrogens is 326 g/mol. The highest BCUT2D eigenvalue weighted by Gasteiger charge is 2.32. The highest BCUT2D eigenvalue weighted by molar-refractivity contribution is 5.77. The molecule has 7 nitrogen and oxygen atoms in total. The van der Waals surface area contributed by atoms with E-state index in [0.717, 1.165) is 0 Å². The monoisotopic (exact) mass is 345 g/mol. The Morgan fingerprint density at radius 1 is 1.04 bits per heavy atom. The van der Waals surface area contributed by atoms with E-state index in [2.05, 4.69) is 4.98 Å². The van der Waals surface area contributed by atoms with Gasteiger partial charge in [0.2, 0.25) is 5.75 Å². The molecule has 25 heavy (non-hydrogen) atoms. The van der Waals surface area contributed by atoms with E-state index < -0.39 is 11.9 Å². The van der Waals surface area contributed by atoms with Crippen molar-refractivity contribution in [3.05, 3.63) is 45.4 Å². The fourth-order valence-corrected chi connectivity index (χ4v) is 3.10. The minimum atomic E-state index is -0.464. The van der Waals surface area contributed by atoms with Crippen LogP contribution in [0.15, 0.2) is 23.0 Å². The molecule has 0 spiro atoms. The predicted molar refractivity (Wildman–Crippen MR) is 90.0 cm³/mol. The van der Waals surface area contributed by atoms with Gasteiger partial charge in [-0.3, -0.25) is 9.59 Å². The number of pyridine rings is 1. The fourth-order valence-electron chi connectivity index (χ4n) is 3.10. The van der Waals surface area contributed by atoms with Crippen LogP contribution >= 0.6 is 0 Å². The van der Waals surface area contributed by atoms with Crippen LogP contribution in [-0.4, -0.2) is 32.3 Å². The molecule has 0 saturated heterocycles. The number of fused-ring (bicyclic) bond motifs is 1. The van der Waals surface area contributed by atoms with Crippen LogP contribution in [0, 0.1) is 6.92 Å². The van der Waals surface area contributed by atoms with E-state index in [1.807, 2.05) is 0 Å². The summed E-state index contributed by atoms with van der Waals surface area (Å²) in [6.07, 6.45) is 0.0534.